The molecule has 0 aliphatic heterocycles. The van der Waals surface area contributed by atoms with E-state index in [-0.39, 0.29) is 27.2 Å². The second-order valence-corrected chi connectivity index (χ2v) is 10.9. The van der Waals surface area contributed by atoms with Gasteiger partial charge in [-0.05, 0) is 43.3 Å². The Hall–Kier alpha value is -2.86. The Morgan fingerprint density at radius 3 is 2.12 bits per heavy atom. The van der Waals surface area contributed by atoms with Gasteiger partial charge in [-0.2, -0.15) is 0 Å². The third-order valence-corrected chi connectivity index (χ3v) is 8.75. The molecule has 9 nitrogen and oxygen atoms in total. The van der Waals surface area contributed by atoms with Gasteiger partial charge in [0.25, 0.3) is 25.7 Å². The molecular weight excluding hydrogens is 513 g/mol. The van der Waals surface area contributed by atoms with Gasteiger partial charge in [-0.15, -0.1) is 0 Å². The zero-order valence-corrected chi connectivity index (χ0v) is 20.1. The highest BCUT2D eigenvalue weighted by atomic mass is 35.5. The van der Waals surface area contributed by atoms with Crippen molar-refractivity contribution in [2.75, 3.05) is 15.6 Å². The van der Waals surface area contributed by atoms with E-state index in [1.807, 2.05) is 0 Å². The zero-order valence-electron chi connectivity index (χ0n) is 17.0. The second-order valence-electron chi connectivity index (χ2n) is 6.63. The second kappa shape index (κ2) is 9.56. The van der Waals surface area contributed by atoms with Crippen LogP contribution in [0.1, 0.15) is 6.92 Å². The lowest BCUT2D eigenvalue weighted by molar-refractivity contribution is -0.385. The Bertz CT molecular complexity index is 1410. The van der Waals surface area contributed by atoms with Crippen LogP contribution in [0.5, 0.6) is 0 Å². The Labute approximate surface area is 200 Å². The number of halogens is 2. The Morgan fingerprint density at radius 2 is 1.52 bits per heavy atom. The monoisotopic (exact) mass is 529 g/mol. The number of para-hydroxylation sites is 1. The van der Waals surface area contributed by atoms with Crippen molar-refractivity contribution in [2.24, 2.45) is 0 Å². The van der Waals surface area contributed by atoms with Gasteiger partial charge in [-0.25, -0.2) is 16.8 Å². The smallest absolute Gasteiger partial charge is 0.270 e. The molecule has 0 bridgehead atoms. The van der Waals surface area contributed by atoms with Gasteiger partial charge < -0.3 is 0 Å². The van der Waals surface area contributed by atoms with Gasteiger partial charge >= 0.3 is 0 Å². The number of sulfonamides is 2. The zero-order chi connectivity index (χ0) is 24.4. The van der Waals surface area contributed by atoms with Gasteiger partial charge in [-0.1, -0.05) is 41.4 Å². The maximum absolute atomic E-state index is 13.3. The summed E-state index contributed by atoms with van der Waals surface area (Å²) in [5.41, 5.74) is -0.185. The number of anilines is 2. The molecule has 3 aromatic rings. The first kappa shape index (κ1) is 24.8. The maximum Gasteiger partial charge on any atom is 0.270 e. The van der Waals surface area contributed by atoms with E-state index in [4.69, 9.17) is 23.2 Å². The molecule has 0 spiro atoms. The Morgan fingerprint density at radius 1 is 0.909 bits per heavy atom. The van der Waals surface area contributed by atoms with E-state index < -0.39 is 35.6 Å². The number of rotatable bonds is 8. The molecular formula is C20H17Cl2N3O6S2. The predicted molar refractivity (Wildman–Crippen MR) is 127 cm³/mol. The fourth-order valence-corrected chi connectivity index (χ4v) is 6.54. The van der Waals surface area contributed by atoms with Crippen LogP contribution in [0.3, 0.4) is 0 Å². The number of hydrogen-bond donors (Lipinski definition) is 1. The number of nitrogens with one attached hydrogen (secondary N) is 1. The number of benzene rings is 3. The standard InChI is InChI=1S/C20H17Cl2N3O6S2/c1-2-24(15-6-4-3-5-7-15)33(30,31)20-12-14(8-10-18(20)22)23-32(28,29)19-13-16(25(26)27)9-11-17(19)21/h3-13,23H,2H2,1H3. The molecule has 0 saturated heterocycles. The number of nitro groups is 1. The molecule has 3 aromatic carbocycles. The van der Waals surface area contributed by atoms with Crippen molar-refractivity contribution in [3.8, 4) is 0 Å². The number of nitrogens with zero attached hydrogens (tertiary/aromatic N) is 2. The first-order valence-electron chi connectivity index (χ1n) is 9.31. The molecule has 3 rings (SSSR count). The molecule has 0 aliphatic rings. The van der Waals surface area contributed by atoms with E-state index in [1.165, 1.54) is 12.1 Å². The maximum atomic E-state index is 13.3. The highest BCUT2D eigenvalue weighted by Crippen LogP contribution is 2.32. The van der Waals surface area contributed by atoms with Gasteiger partial charge in [-0.3, -0.25) is 19.1 Å². The van der Waals surface area contributed by atoms with Crippen LogP contribution in [0.15, 0.2) is 76.5 Å². The molecule has 1 N–H and O–H groups in total. The largest absolute Gasteiger partial charge is 0.280 e. The van der Waals surface area contributed by atoms with Crippen molar-refractivity contribution in [3.63, 3.8) is 0 Å². The molecule has 0 amide bonds. The van der Waals surface area contributed by atoms with Crippen LogP contribution in [0.25, 0.3) is 0 Å². The SMILES string of the molecule is CCN(c1ccccc1)S(=O)(=O)c1cc(NS(=O)(=O)c2cc([N+](=O)[O-])ccc2Cl)ccc1Cl. The lowest BCUT2D eigenvalue weighted by Crippen LogP contribution is -2.31. The van der Waals surface area contributed by atoms with Crippen molar-refractivity contribution in [2.45, 2.75) is 16.7 Å². The average Bonchev–Trinajstić information content (AvgIpc) is 2.76. The highest BCUT2D eigenvalue weighted by molar-refractivity contribution is 7.93. The normalized spacial score (nSPS) is 11.7. The lowest BCUT2D eigenvalue weighted by atomic mass is 10.3. The van der Waals surface area contributed by atoms with Crippen molar-refractivity contribution >= 4 is 60.3 Å². The van der Waals surface area contributed by atoms with Gasteiger partial charge in [0.1, 0.15) is 9.79 Å². The van der Waals surface area contributed by atoms with Crippen LogP contribution in [0, 0.1) is 10.1 Å². The number of non-ortho nitro benzene ring substituents is 1. The van der Waals surface area contributed by atoms with Crippen LogP contribution in [0.4, 0.5) is 17.1 Å². The van der Waals surface area contributed by atoms with Gasteiger partial charge in [0, 0.05) is 18.7 Å². The summed E-state index contributed by atoms with van der Waals surface area (Å²) < 4.78 is 55.6. The minimum atomic E-state index is -4.39. The summed E-state index contributed by atoms with van der Waals surface area (Å²) in [4.78, 5) is 9.40. The molecule has 0 aromatic heterocycles. The van der Waals surface area contributed by atoms with E-state index in [0.29, 0.717) is 5.69 Å². The van der Waals surface area contributed by atoms with Crippen molar-refractivity contribution in [1.29, 1.82) is 0 Å². The van der Waals surface area contributed by atoms with Crippen LogP contribution >= 0.6 is 23.2 Å². The molecule has 0 atom stereocenters. The fraction of sp³-hybridized carbons (Fsp3) is 0.100. The minimum absolute atomic E-state index is 0.0991. The number of nitro benzene ring substituents is 1. The topological polar surface area (TPSA) is 127 Å². The molecule has 0 saturated carbocycles. The molecule has 13 heteroatoms. The molecule has 33 heavy (non-hydrogen) atoms. The average molecular weight is 530 g/mol. The molecule has 0 unspecified atom stereocenters. The summed E-state index contributed by atoms with van der Waals surface area (Å²) >= 11 is 12.1. The first-order valence-corrected chi connectivity index (χ1v) is 13.0. The van der Waals surface area contributed by atoms with E-state index >= 15 is 0 Å². The Kier molecular flexibility index (Phi) is 7.17. The van der Waals surface area contributed by atoms with Crippen molar-refractivity contribution in [1.82, 2.24) is 0 Å². The number of hydrogen-bond acceptors (Lipinski definition) is 6. The quantitative estimate of drug-likeness (QED) is 0.326. The van der Waals surface area contributed by atoms with Crippen LogP contribution in [-0.4, -0.2) is 28.3 Å². The highest BCUT2D eigenvalue weighted by Gasteiger charge is 2.28. The molecule has 174 valence electrons. The van der Waals surface area contributed by atoms with Crippen molar-refractivity contribution in [3.05, 3.63) is 86.9 Å². The summed E-state index contributed by atoms with van der Waals surface area (Å²) in [7, 11) is -8.54. The van der Waals surface area contributed by atoms with E-state index in [9.17, 15) is 26.9 Å². The summed E-state index contributed by atoms with van der Waals surface area (Å²) in [5, 5.41) is 10.7. The first-order chi connectivity index (χ1) is 15.5. The molecule has 0 fully saturated rings. The minimum Gasteiger partial charge on any atom is -0.280 e. The molecule has 0 radical (unpaired) electrons. The summed E-state index contributed by atoms with van der Waals surface area (Å²) in [5.74, 6) is 0. The predicted octanol–water partition coefficient (Wildman–Crippen LogP) is 4.92. The fourth-order valence-electron chi connectivity index (χ4n) is 2.99. The Balaban J connectivity index is 2.03. The van der Waals surface area contributed by atoms with E-state index in [0.717, 1.165) is 28.6 Å². The molecule has 0 heterocycles. The third kappa shape index (κ3) is 5.22. The van der Waals surface area contributed by atoms with Crippen LogP contribution in [-0.2, 0) is 20.0 Å². The lowest BCUT2D eigenvalue weighted by Gasteiger charge is -2.23. The van der Waals surface area contributed by atoms with E-state index in [1.54, 1.807) is 37.3 Å². The van der Waals surface area contributed by atoms with Crippen LogP contribution in [0.2, 0.25) is 10.0 Å². The van der Waals surface area contributed by atoms with Gasteiger partial charge in [0.2, 0.25) is 0 Å². The van der Waals surface area contributed by atoms with E-state index in [2.05, 4.69) is 4.72 Å². The molecule has 0 aliphatic carbocycles. The van der Waals surface area contributed by atoms with Gasteiger partial charge in [0.05, 0.1) is 26.3 Å². The van der Waals surface area contributed by atoms with Gasteiger partial charge in [0.15, 0.2) is 0 Å². The van der Waals surface area contributed by atoms with Crippen LogP contribution < -0.4 is 9.03 Å². The van der Waals surface area contributed by atoms with Crippen molar-refractivity contribution < 1.29 is 21.8 Å². The summed E-state index contributed by atoms with van der Waals surface area (Å²) in [6, 6.07) is 14.9. The third-order valence-electron chi connectivity index (χ3n) is 4.50. The summed E-state index contributed by atoms with van der Waals surface area (Å²) in [6.07, 6.45) is 0. The summed E-state index contributed by atoms with van der Waals surface area (Å²) in [6.45, 7) is 1.75.